The molecule has 0 unspecified atom stereocenters. The second kappa shape index (κ2) is 51.1. The summed E-state index contributed by atoms with van der Waals surface area (Å²) < 4.78 is 0. The van der Waals surface area contributed by atoms with Gasteiger partial charge in [0.15, 0.2) is 5.96 Å². The lowest BCUT2D eigenvalue weighted by molar-refractivity contribution is -0.141. The van der Waals surface area contributed by atoms with Gasteiger partial charge in [-0.25, -0.2) is 0 Å². The van der Waals surface area contributed by atoms with E-state index in [4.69, 9.17) is 40.1 Å². The van der Waals surface area contributed by atoms with Crippen molar-refractivity contribution in [2.75, 3.05) is 63.3 Å². The van der Waals surface area contributed by atoms with Gasteiger partial charge in [0.25, 0.3) is 0 Å². The molecule has 104 heavy (non-hydrogen) atoms. The van der Waals surface area contributed by atoms with Crippen LogP contribution in [0.4, 0.5) is 0 Å². The molecule has 0 saturated carbocycles. The summed E-state index contributed by atoms with van der Waals surface area (Å²) >= 11 is 2.48. The number of hydrogen-bond donors (Lipinski definition) is 23. The number of unbranched alkanes of at least 4 members (excludes halogenated alkanes) is 2. The molecule has 41 heteroatoms. The molecule has 1 rings (SSSR count). The van der Waals surface area contributed by atoms with Gasteiger partial charge in [-0.15, -0.1) is 0 Å². The third-order valence-electron chi connectivity index (χ3n) is 15.8. The van der Waals surface area contributed by atoms with Crippen molar-refractivity contribution >= 4 is 118 Å². The topological polar surface area (TPSA) is 676 Å². The number of carboxylic acids is 1. The van der Waals surface area contributed by atoms with E-state index in [-0.39, 0.29) is 86.8 Å². The Morgan fingerprint density at radius 1 is 0.490 bits per heavy atom. The van der Waals surface area contributed by atoms with Crippen molar-refractivity contribution in [3.8, 4) is 5.75 Å². The van der Waals surface area contributed by atoms with Gasteiger partial charge < -0.3 is 124 Å². The molecule has 1 aromatic rings. The summed E-state index contributed by atoms with van der Waals surface area (Å²) in [6.45, 7) is 2.51. The number of rotatable bonds is 54. The standard InChI is InChI=1S/C63H108N20O19S2/c1-6-33(2)50(61(101)72-30-47(68)88)82-56(96)40(19-20-46(67)87)77-55(95)41(21-26-103-4)79-62(102)51(34(3)85)83-57(97)42(22-27-104-5)78-58(98)43(28-35-15-17-36(86)18-16-35)80-59(99)44(29-49(90)91)74-48(89)31-73-53(93)38(14-11-25-71-63(69)70)76-60(100)45(32-84)81-54(94)39(13-8-10-24-65)75-52(92)37(66)12-7-9-23-64/h15-18,33-34,37-45,50-51,84-86H,6-14,19-32,64-66H2,1-5H3,(H2,67,87)(H2,68,88)(H,72,101)(H,73,93)(H,74,89)(H,75,92)(H,76,100)(H,77,95)(H,78,98)(H,79,102)(H,80,99)(H,81,94)(H,82,96)(H,83,97)(H,90,91)(H4,69,70,71)/t33-,34+,37-,38-,39-,40-,41-,42-,43-,44-,45-,50-,51-/m0/s1. The van der Waals surface area contributed by atoms with Crippen LogP contribution in [0.15, 0.2) is 29.3 Å². The third kappa shape index (κ3) is 37.3. The Hall–Kier alpha value is -9.16. The summed E-state index contributed by atoms with van der Waals surface area (Å²) in [5.74, 6) is -16.1. The first kappa shape index (κ1) is 92.9. The number of phenols is 1. The average molecular weight is 1510 g/mol. The van der Waals surface area contributed by atoms with Crippen molar-refractivity contribution in [2.45, 2.75) is 190 Å². The van der Waals surface area contributed by atoms with Crippen LogP contribution in [-0.2, 0) is 78.3 Å². The molecule has 14 amide bonds. The van der Waals surface area contributed by atoms with Gasteiger partial charge in [0, 0.05) is 19.4 Å². The van der Waals surface area contributed by atoms with Crippen LogP contribution in [0, 0.1) is 5.92 Å². The fourth-order valence-electron chi connectivity index (χ4n) is 9.73. The minimum Gasteiger partial charge on any atom is -0.508 e. The predicted molar refractivity (Wildman–Crippen MR) is 385 cm³/mol. The highest BCUT2D eigenvalue weighted by Crippen LogP contribution is 2.15. The average Bonchev–Trinajstić information content (AvgIpc) is 0.859. The number of nitrogens with two attached hydrogens (primary N) is 7. The number of aliphatic imine (C=N–C) groups is 1. The minimum atomic E-state index is -2.00. The molecule has 0 saturated heterocycles. The van der Waals surface area contributed by atoms with Crippen LogP contribution >= 0.6 is 23.5 Å². The maximum atomic E-state index is 14.5. The Kier molecular flexibility index (Phi) is 45.6. The van der Waals surface area contributed by atoms with Crippen molar-refractivity contribution in [3.63, 3.8) is 0 Å². The van der Waals surface area contributed by atoms with Gasteiger partial charge >= 0.3 is 5.97 Å². The lowest BCUT2D eigenvalue weighted by Crippen LogP contribution is -2.62. The van der Waals surface area contributed by atoms with Gasteiger partial charge in [-0.1, -0.05) is 38.8 Å². The van der Waals surface area contributed by atoms with E-state index in [1.165, 1.54) is 47.8 Å². The molecule has 0 aliphatic rings. The Bertz CT molecular complexity index is 3030. The van der Waals surface area contributed by atoms with E-state index in [0.717, 1.165) is 6.92 Å². The van der Waals surface area contributed by atoms with Crippen LogP contribution in [0.5, 0.6) is 5.75 Å². The first-order valence-corrected chi connectivity index (χ1v) is 36.6. The normalized spacial score (nSPS) is 14.8. The lowest BCUT2D eigenvalue weighted by atomic mass is 9.97. The monoisotopic (exact) mass is 1510 g/mol. The van der Waals surface area contributed by atoms with Gasteiger partial charge in [-0.05, 0) is 132 Å². The number of nitrogens with one attached hydrogen (secondary N) is 12. The number of benzene rings is 1. The SMILES string of the molecule is CC[C@H](C)[C@H](NC(=O)[C@H](CCC(N)=O)NC(=O)[C@H](CCSC)NC(=O)[C@@H](NC(=O)[C@H](CCSC)NC(=O)[C@H](Cc1ccc(O)cc1)NC(=O)[C@H](CC(=O)O)NC(=O)CNC(=O)[C@H](CCCN=C(N)N)NC(=O)[C@H](CO)NC(=O)[C@H](CCCCN)NC(=O)[C@@H](N)CCCCN)[C@@H](C)O)C(=O)NCC(N)=O. The quantitative estimate of drug-likeness (QED) is 0.0164. The van der Waals surface area contributed by atoms with E-state index in [1.807, 2.05) is 0 Å². The summed E-state index contributed by atoms with van der Waals surface area (Å²) in [7, 11) is 0. The van der Waals surface area contributed by atoms with Crippen molar-refractivity contribution < 1.29 is 92.3 Å². The molecule has 0 radical (unpaired) electrons. The number of amides is 14. The highest BCUT2D eigenvalue weighted by Gasteiger charge is 2.38. The largest absolute Gasteiger partial charge is 0.508 e. The van der Waals surface area contributed by atoms with E-state index in [1.54, 1.807) is 26.4 Å². The summed E-state index contributed by atoms with van der Waals surface area (Å²) in [6.07, 6.45) is 1.46. The first-order valence-electron chi connectivity index (χ1n) is 33.8. The van der Waals surface area contributed by atoms with E-state index in [9.17, 15) is 92.3 Å². The van der Waals surface area contributed by atoms with Gasteiger partial charge in [0.2, 0.25) is 82.7 Å². The fourth-order valence-corrected chi connectivity index (χ4v) is 10.7. The molecule has 0 heterocycles. The first-order chi connectivity index (χ1) is 49.2. The van der Waals surface area contributed by atoms with Crippen molar-refractivity contribution in [3.05, 3.63) is 29.8 Å². The zero-order valence-electron chi connectivity index (χ0n) is 59.3. The van der Waals surface area contributed by atoms with E-state index in [0.29, 0.717) is 38.6 Å². The summed E-state index contributed by atoms with van der Waals surface area (Å²) in [5, 5.41) is 70.3. The van der Waals surface area contributed by atoms with E-state index in [2.05, 4.69) is 68.8 Å². The predicted octanol–water partition coefficient (Wildman–Crippen LogP) is -8.20. The molecule has 0 spiro atoms. The fraction of sp³-hybridized carbons (Fsp3) is 0.651. The number of phenolic OH excluding ortho intramolecular Hbond substituents is 1. The summed E-state index contributed by atoms with van der Waals surface area (Å²) in [5.41, 5.74) is 39.0. The van der Waals surface area contributed by atoms with Crippen LogP contribution in [0.3, 0.4) is 0 Å². The number of thioether (sulfide) groups is 2. The van der Waals surface area contributed by atoms with Crippen LogP contribution in [0.1, 0.15) is 116 Å². The third-order valence-corrected chi connectivity index (χ3v) is 17.1. The number of carboxylic acid groups (broad SMARTS) is 1. The maximum Gasteiger partial charge on any atom is 0.305 e. The van der Waals surface area contributed by atoms with Gasteiger partial charge in [-0.2, -0.15) is 23.5 Å². The molecule has 0 aliphatic heterocycles. The van der Waals surface area contributed by atoms with Crippen LogP contribution in [0.2, 0.25) is 0 Å². The number of aliphatic hydroxyl groups excluding tert-OH is 2. The Balaban J connectivity index is 3.59. The minimum absolute atomic E-state index is 0.0208. The second-order valence-corrected chi connectivity index (χ2v) is 26.4. The zero-order chi connectivity index (χ0) is 78.6. The second-order valence-electron chi connectivity index (χ2n) is 24.4. The smallest absolute Gasteiger partial charge is 0.305 e. The molecule has 30 N–H and O–H groups in total. The van der Waals surface area contributed by atoms with Crippen molar-refractivity contribution in [1.29, 1.82) is 0 Å². The van der Waals surface area contributed by atoms with E-state index >= 15 is 0 Å². The van der Waals surface area contributed by atoms with Crippen LogP contribution in [-0.4, -0.2) is 251 Å². The van der Waals surface area contributed by atoms with Gasteiger partial charge in [0.05, 0.1) is 38.3 Å². The zero-order valence-corrected chi connectivity index (χ0v) is 60.9. The highest BCUT2D eigenvalue weighted by molar-refractivity contribution is 7.98. The van der Waals surface area contributed by atoms with Crippen LogP contribution in [0.25, 0.3) is 0 Å². The van der Waals surface area contributed by atoms with E-state index < -0.39 is 206 Å². The molecule has 0 fully saturated rings. The van der Waals surface area contributed by atoms with Gasteiger partial charge in [-0.3, -0.25) is 76.9 Å². The molecule has 39 nitrogen and oxygen atoms in total. The maximum absolute atomic E-state index is 14.5. The number of carbonyl (C=O) groups excluding carboxylic acids is 14. The van der Waals surface area contributed by atoms with Crippen molar-refractivity contribution in [2.24, 2.45) is 51.0 Å². The number of aromatic hydroxyl groups is 1. The number of nitrogens with zero attached hydrogens (tertiary/aromatic N) is 1. The lowest BCUT2D eigenvalue weighted by Gasteiger charge is -2.29. The Labute approximate surface area is 611 Å². The summed E-state index contributed by atoms with van der Waals surface area (Å²) in [6, 6.07) is -11.7. The molecular formula is C63H108N20O19S2. The number of carbonyl (C=O) groups is 15. The Morgan fingerprint density at radius 3 is 1.43 bits per heavy atom. The molecule has 13 atom stereocenters. The number of aliphatic hydroxyl groups is 2. The number of hydrogen-bond acceptors (Lipinski definition) is 24. The highest BCUT2D eigenvalue weighted by atomic mass is 32.2. The number of guanidine groups is 1. The molecular weight excluding hydrogens is 1400 g/mol. The molecule has 0 aliphatic carbocycles. The Morgan fingerprint density at radius 2 is 0.933 bits per heavy atom. The van der Waals surface area contributed by atoms with Crippen molar-refractivity contribution in [1.82, 2.24) is 63.8 Å². The molecule has 0 aromatic heterocycles. The van der Waals surface area contributed by atoms with Crippen LogP contribution < -0.4 is 104 Å². The summed E-state index contributed by atoms with van der Waals surface area (Å²) in [4.78, 5) is 206. The molecule has 586 valence electrons. The number of aliphatic carboxylic acids is 1. The molecule has 1 aromatic carbocycles. The van der Waals surface area contributed by atoms with Gasteiger partial charge in [0.1, 0.15) is 66.2 Å². The molecule has 0 bridgehead atoms. The number of primary amides is 2.